The Morgan fingerprint density at radius 3 is 2.41 bits per heavy atom. The largest absolute Gasteiger partial charge is 0.308 e. The predicted molar refractivity (Wildman–Crippen MR) is 100 cm³/mol. The summed E-state index contributed by atoms with van der Waals surface area (Å²) in [6.45, 7) is 1.01. The second kappa shape index (κ2) is 6.90. The van der Waals surface area contributed by atoms with Crippen LogP contribution < -0.4 is 4.90 Å². The van der Waals surface area contributed by atoms with Gasteiger partial charge in [-0.05, 0) is 48.7 Å². The van der Waals surface area contributed by atoms with Gasteiger partial charge in [0.2, 0.25) is 10.0 Å². The molecule has 0 N–H and O–H groups in total. The van der Waals surface area contributed by atoms with Crippen LogP contribution in [-0.2, 0) is 21.2 Å². The summed E-state index contributed by atoms with van der Waals surface area (Å²) >= 11 is 0. The van der Waals surface area contributed by atoms with Crippen molar-refractivity contribution in [3.63, 3.8) is 0 Å². The van der Waals surface area contributed by atoms with E-state index in [2.05, 4.69) is 0 Å². The number of amides is 1. The Bertz CT molecular complexity index is 1020. The molecule has 0 aromatic heterocycles. The van der Waals surface area contributed by atoms with Crippen LogP contribution in [0, 0.1) is 5.82 Å². The average Bonchev–Trinajstić information content (AvgIpc) is 3.12. The number of benzene rings is 2. The molecule has 7 heteroatoms. The number of fused-ring (bicyclic) bond motifs is 1. The number of sulfonamides is 1. The van der Waals surface area contributed by atoms with E-state index in [1.165, 1.54) is 16.4 Å². The fraction of sp³-hybridized carbons (Fsp3) is 0.250. The number of rotatable bonds is 3. The molecule has 0 spiro atoms. The maximum atomic E-state index is 13.1. The lowest BCUT2D eigenvalue weighted by Gasteiger charge is -2.27. The Hall–Kier alpha value is -2.51. The minimum Gasteiger partial charge on any atom is -0.308 e. The van der Waals surface area contributed by atoms with Crippen LogP contribution in [0.25, 0.3) is 0 Å². The van der Waals surface area contributed by atoms with Crippen molar-refractivity contribution in [1.29, 1.82) is 0 Å². The van der Waals surface area contributed by atoms with Gasteiger partial charge in [-0.25, -0.2) is 12.8 Å². The molecule has 0 bridgehead atoms. The van der Waals surface area contributed by atoms with Gasteiger partial charge in [0.25, 0.3) is 5.91 Å². The summed E-state index contributed by atoms with van der Waals surface area (Å²) in [6, 6.07) is 12.6. The molecule has 0 unspecified atom stereocenters. The number of nitrogens with zero attached hydrogens (tertiary/aromatic N) is 2. The monoisotopic (exact) mass is 386 g/mol. The summed E-state index contributed by atoms with van der Waals surface area (Å²) in [5.74, 6) is -0.537. The highest BCUT2D eigenvalue weighted by Gasteiger charge is 2.31. The third kappa shape index (κ3) is 3.28. The summed E-state index contributed by atoms with van der Waals surface area (Å²) in [5, 5.41) is 0. The highest BCUT2D eigenvalue weighted by Crippen LogP contribution is 2.30. The van der Waals surface area contributed by atoms with Crippen LogP contribution >= 0.6 is 0 Å². The number of para-hydroxylation sites is 1. The zero-order chi connectivity index (χ0) is 19.0. The van der Waals surface area contributed by atoms with Crippen molar-refractivity contribution in [2.24, 2.45) is 0 Å². The van der Waals surface area contributed by atoms with Gasteiger partial charge in [0, 0.05) is 30.9 Å². The molecule has 2 aliphatic heterocycles. The molecule has 0 atom stereocenters. The van der Waals surface area contributed by atoms with Crippen molar-refractivity contribution in [2.45, 2.75) is 17.7 Å². The summed E-state index contributed by atoms with van der Waals surface area (Å²) in [6.07, 6.45) is 2.88. The van der Waals surface area contributed by atoms with Crippen LogP contribution in [0.3, 0.4) is 0 Å². The predicted octanol–water partition coefficient (Wildman–Crippen LogP) is 2.74. The Labute approximate surface area is 157 Å². The van der Waals surface area contributed by atoms with Gasteiger partial charge in [-0.2, -0.15) is 4.31 Å². The molecule has 2 heterocycles. The van der Waals surface area contributed by atoms with Gasteiger partial charge in [0.15, 0.2) is 0 Å². The molecular weight excluding hydrogens is 367 g/mol. The zero-order valence-corrected chi connectivity index (χ0v) is 15.5. The molecule has 2 aromatic carbocycles. The standard InChI is InChI=1S/C20H19FN2O3S/c21-17-5-7-18(8-6-17)27(25,26)22-12-9-16(10-13-22)20(24)23-14-11-15-3-1-2-4-19(15)23/h1-9H,10-14H2. The van der Waals surface area contributed by atoms with Crippen LogP contribution in [0.2, 0.25) is 0 Å². The molecule has 140 valence electrons. The van der Waals surface area contributed by atoms with E-state index in [0.717, 1.165) is 29.8 Å². The molecule has 0 fully saturated rings. The van der Waals surface area contributed by atoms with E-state index in [4.69, 9.17) is 0 Å². The van der Waals surface area contributed by atoms with Crippen molar-refractivity contribution >= 4 is 21.6 Å². The molecule has 0 radical (unpaired) electrons. The van der Waals surface area contributed by atoms with Crippen molar-refractivity contribution in [3.8, 4) is 0 Å². The summed E-state index contributed by atoms with van der Waals surface area (Å²) in [4.78, 5) is 14.7. The highest BCUT2D eigenvalue weighted by atomic mass is 32.2. The number of hydrogen-bond donors (Lipinski definition) is 0. The molecule has 0 aliphatic carbocycles. The van der Waals surface area contributed by atoms with Crippen LogP contribution in [0.5, 0.6) is 0 Å². The smallest absolute Gasteiger partial charge is 0.253 e. The molecule has 1 amide bonds. The molecule has 2 aliphatic rings. The lowest BCUT2D eigenvalue weighted by molar-refractivity contribution is -0.115. The fourth-order valence-corrected chi connectivity index (χ4v) is 4.92. The van der Waals surface area contributed by atoms with E-state index >= 15 is 0 Å². The topological polar surface area (TPSA) is 57.7 Å². The lowest BCUT2D eigenvalue weighted by atomic mass is 10.1. The fourth-order valence-electron chi connectivity index (χ4n) is 3.54. The average molecular weight is 386 g/mol. The molecule has 0 saturated heterocycles. The van der Waals surface area contributed by atoms with Crippen LogP contribution in [-0.4, -0.2) is 38.3 Å². The quantitative estimate of drug-likeness (QED) is 0.815. The number of anilines is 1. The Morgan fingerprint density at radius 2 is 1.70 bits per heavy atom. The van der Waals surface area contributed by atoms with Gasteiger partial charge < -0.3 is 4.90 Å². The first-order chi connectivity index (χ1) is 13.0. The number of halogens is 1. The second-order valence-electron chi connectivity index (χ2n) is 6.63. The van der Waals surface area contributed by atoms with Gasteiger partial charge in [0.1, 0.15) is 5.82 Å². The molecule has 5 nitrogen and oxygen atoms in total. The van der Waals surface area contributed by atoms with E-state index in [1.807, 2.05) is 24.3 Å². The maximum absolute atomic E-state index is 13.1. The van der Waals surface area contributed by atoms with Gasteiger partial charge >= 0.3 is 0 Å². The molecule has 27 heavy (non-hydrogen) atoms. The van der Waals surface area contributed by atoms with Crippen molar-refractivity contribution in [1.82, 2.24) is 4.31 Å². The first-order valence-electron chi connectivity index (χ1n) is 8.81. The van der Waals surface area contributed by atoms with Crippen molar-refractivity contribution in [3.05, 3.63) is 71.6 Å². The summed E-state index contributed by atoms with van der Waals surface area (Å²) in [5.41, 5.74) is 2.73. The number of carbonyl (C=O) groups is 1. The Morgan fingerprint density at radius 1 is 0.963 bits per heavy atom. The van der Waals surface area contributed by atoms with Crippen molar-refractivity contribution in [2.75, 3.05) is 24.5 Å². The second-order valence-corrected chi connectivity index (χ2v) is 8.57. The first kappa shape index (κ1) is 17.9. The molecule has 2 aromatic rings. The summed E-state index contributed by atoms with van der Waals surface area (Å²) in [7, 11) is -3.70. The van der Waals surface area contributed by atoms with Crippen LogP contribution in [0.4, 0.5) is 10.1 Å². The van der Waals surface area contributed by atoms with Gasteiger partial charge in [0.05, 0.1) is 4.90 Å². The van der Waals surface area contributed by atoms with E-state index in [0.29, 0.717) is 18.5 Å². The molecule has 0 saturated carbocycles. The van der Waals surface area contributed by atoms with E-state index in [1.54, 1.807) is 11.0 Å². The Balaban J connectivity index is 1.50. The third-order valence-corrected chi connectivity index (χ3v) is 6.91. The maximum Gasteiger partial charge on any atom is 0.253 e. The Kier molecular flexibility index (Phi) is 4.57. The molecular formula is C20H19FN2O3S. The zero-order valence-electron chi connectivity index (χ0n) is 14.6. The lowest BCUT2D eigenvalue weighted by Crippen LogP contribution is -2.38. The van der Waals surface area contributed by atoms with Crippen molar-refractivity contribution < 1.29 is 17.6 Å². The van der Waals surface area contributed by atoms with E-state index in [-0.39, 0.29) is 23.9 Å². The van der Waals surface area contributed by atoms with Gasteiger partial charge in [-0.3, -0.25) is 4.79 Å². The van der Waals surface area contributed by atoms with Gasteiger partial charge in [-0.1, -0.05) is 24.3 Å². The SMILES string of the molecule is O=C(C1=CCN(S(=O)(=O)c2ccc(F)cc2)CC1)N1CCc2ccccc21. The van der Waals surface area contributed by atoms with E-state index < -0.39 is 15.8 Å². The third-order valence-electron chi connectivity index (χ3n) is 5.03. The van der Waals surface area contributed by atoms with Crippen LogP contribution in [0.1, 0.15) is 12.0 Å². The minimum absolute atomic E-state index is 0.0561. The number of hydrogen-bond acceptors (Lipinski definition) is 3. The normalized spacial score (nSPS) is 17.5. The summed E-state index contributed by atoms with van der Waals surface area (Å²) < 4.78 is 39.7. The highest BCUT2D eigenvalue weighted by molar-refractivity contribution is 7.89. The number of carbonyl (C=O) groups excluding carboxylic acids is 1. The molecule has 4 rings (SSSR count). The minimum atomic E-state index is -3.70. The first-order valence-corrected chi connectivity index (χ1v) is 10.3. The van der Waals surface area contributed by atoms with Crippen LogP contribution in [0.15, 0.2) is 65.1 Å². The van der Waals surface area contributed by atoms with Gasteiger partial charge in [-0.15, -0.1) is 0 Å². The van der Waals surface area contributed by atoms with E-state index in [9.17, 15) is 17.6 Å².